The smallest absolute Gasteiger partial charge is 0.223 e. The van der Waals surface area contributed by atoms with E-state index in [0.29, 0.717) is 52.3 Å². The van der Waals surface area contributed by atoms with E-state index < -0.39 is 0 Å². The number of carbonyl (C=O) groups is 2. The van der Waals surface area contributed by atoms with Gasteiger partial charge in [0.25, 0.3) is 0 Å². The summed E-state index contributed by atoms with van der Waals surface area (Å²) in [7, 11) is 0. The zero-order valence-corrected chi connectivity index (χ0v) is 19.3. The minimum Gasteiger partial charge on any atom is -0.493 e. The second kappa shape index (κ2) is 11.2. The van der Waals surface area contributed by atoms with Gasteiger partial charge in [-0.15, -0.1) is 0 Å². The van der Waals surface area contributed by atoms with Crippen LogP contribution in [0.3, 0.4) is 0 Å². The maximum Gasteiger partial charge on any atom is 0.223 e. The summed E-state index contributed by atoms with van der Waals surface area (Å²) in [5, 5.41) is 0. The number of amides is 2. The number of piperidine rings is 1. The van der Waals surface area contributed by atoms with Crippen LogP contribution in [0.1, 0.15) is 57.8 Å². The first kappa shape index (κ1) is 23.1. The predicted octanol–water partition coefficient (Wildman–Crippen LogP) is 3.89. The van der Waals surface area contributed by atoms with Crippen molar-refractivity contribution in [1.82, 2.24) is 9.80 Å². The summed E-state index contributed by atoms with van der Waals surface area (Å²) in [5.74, 6) is 1.94. The first-order valence-electron chi connectivity index (χ1n) is 12.4. The van der Waals surface area contributed by atoms with Crippen LogP contribution >= 0.6 is 0 Å². The highest BCUT2D eigenvalue weighted by Crippen LogP contribution is 2.36. The van der Waals surface area contributed by atoms with E-state index in [9.17, 15) is 9.59 Å². The fourth-order valence-corrected chi connectivity index (χ4v) is 5.52. The molecular weight excluding hydrogens is 404 g/mol. The van der Waals surface area contributed by atoms with Gasteiger partial charge in [0, 0.05) is 44.4 Å². The van der Waals surface area contributed by atoms with Crippen LogP contribution in [0.2, 0.25) is 0 Å². The van der Waals surface area contributed by atoms with Crippen LogP contribution in [-0.2, 0) is 14.3 Å². The molecule has 32 heavy (non-hydrogen) atoms. The molecule has 0 N–H and O–H groups in total. The van der Waals surface area contributed by atoms with E-state index in [-0.39, 0.29) is 17.2 Å². The zero-order chi connectivity index (χ0) is 22.2. The molecule has 0 bridgehead atoms. The average molecular weight is 443 g/mol. The summed E-state index contributed by atoms with van der Waals surface area (Å²) >= 11 is 0. The van der Waals surface area contributed by atoms with Gasteiger partial charge in [-0.2, -0.15) is 0 Å². The fourth-order valence-electron chi connectivity index (χ4n) is 5.52. The van der Waals surface area contributed by atoms with E-state index in [1.165, 1.54) is 25.7 Å². The van der Waals surface area contributed by atoms with Crippen LogP contribution in [0.4, 0.5) is 0 Å². The molecule has 3 fully saturated rings. The largest absolute Gasteiger partial charge is 0.493 e. The average Bonchev–Trinajstić information content (AvgIpc) is 3.36. The molecule has 1 atom stereocenters. The quantitative estimate of drug-likeness (QED) is 0.613. The Kier molecular flexibility index (Phi) is 8.06. The van der Waals surface area contributed by atoms with Crippen LogP contribution in [0, 0.1) is 11.3 Å². The number of morpholine rings is 1. The molecule has 1 unspecified atom stereocenters. The highest BCUT2D eigenvalue weighted by molar-refractivity contribution is 5.78. The second-order valence-electron chi connectivity index (χ2n) is 9.88. The molecule has 2 heterocycles. The molecule has 6 heteroatoms. The maximum atomic E-state index is 13.2. The van der Waals surface area contributed by atoms with Crippen LogP contribution in [0.25, 0.3) is 0 Å². The number of para-hydroxylation sites is 1. The number of benzene rings is 1. The summed E-state index contributed by atoms with van der Waals surface area (Å²) in [6.45, 7) is 4.37. The Morgan fingerprint density at radius 2 is 1.72 bits per heavy atom. The van der Waals surface area contributed by atoms with Gasteiger partial charge >= 0.3 is 0 Å². The van der Waals surface area contributed by atoms with Gasteiger partial charge in [0.1, 0.15) is 5.75 Å². The van der Waals surface area contributed by atoms with Crippen molar-refractivity contribution in [2.24, 2.45) is 11.3 Å². The number of carbonyl (C=O) groups excluding carboxylic acids is 2. The van der Waals surface area contributed by atoms with Crippen LogP contribution < -0.4 is 4.74 Å². The van der Waals surface area contributed by atoms with Crippen LogP contribution in [0.15, 0.2) is 30.3 Å². The first-order chi connectivity index (χ1) is 15.6. The van der Waals surface area contributed by atoms with Crippen LogP contribution in [-0.4, -0.2) is 67.6 Å². The first-order valence-corrected chi connectivity index (χ1v) is 12.4. The third kappa shape index (κ3) is 6.25. The van der Waals surface area contributed by atoms with Gasteiger partial charge in [0.05, 0.1) is 19.8 Å². The Bertz CT molecular complexity index is 743. The molecule has 3 aliphatic rings. The normalized spacial score (nSPS) is 24.5. The molecule has 2 saturated heterocycles. The molecule has 1 aliphatic carbocycles. The third-order valence-electron chi connectivity index (χ3n) is 7.43. The number of nitrogens with zero attached hydrogens (tertiary/aromatic N) is 2. The summed E-state index contributed by atoms with van der Waals surface area (Å²) < 4.78 is 11.6. The van der Waals surface area contributed by atoms with Gasteiger partial charge in [0.2, 0.25) is 11.8 Å². The number of likely N-dealkylation sites (tertiary alicyclic amines) is 1. The standard InChI is InChI=1S/C26H38N2O4/c29-24(12-11-22-7-4-5-8-22)28-14-6-13-26(20-28,21-32-23-9-2-1-3-10-23)19-25(30)27-15-17-31-18-16-27/h1-3,9-10,22H,4-8,11-21H2. The molecule has 1 aromatic rings. The molecule has 2 aliphatic heterocycles. The molecular formula is C26H38N2O4. The molecule has 1 saturated carbocycles. The minimum atomic E-state index is -0.341. The van der Waals surface area contributed by atoms with Gasteiger partial charge in [-0.25, -0.2) is 0 Å². The molecule has 0 spiro atoms. The van der Waals surface area contributed by atoms with Crippen molar-refractivity contribution < 1.29 is 19.1 Å². The van der Waals surface area contributed by atoms with Gasteiger partial charge in [-0.05, 0) is 37.3 Å². The second-order valence-corrected chi connectivity index (χ2v) is 9.88. The Morgan fingerprint density at radius 1 is 0.969 bits per heavy atom. The lowest BCUT2D eigenvalue weighted by molar-refractivity contribution is -0.144. The molecule has 1 aromatic carbocycles. The van der Waals surface area contributed by atoms with E-state index in [2.05, 4.69) is 0 Å². The lowest BCUT2D eigenvalue weighted by Crippen LogP contribution is -2.52. The summed E-state index contributed by atoms with van der Waals surface area (Å²) in [4.78, 5) is 30.2. The van der Waals surface area contributed by atoms with Gasteiger partial charge < -0.3 is 19.3 Å². The Labute approximate surface area is 192 Å². The number of ether oxygens (including phenoxy) is 2. The maximum absolute atomic E-state index is 13.2. The summed E-state index contributed by atoms with van der Waals surface area (Å²) in [6.07, 6.45) is 9.07. The highest BCUT2D eigenvalue weighted by Gasteiger charge is 2.41. The zero-order valence-electron chi connectivity index (χ0n) is 19.3. The van der Waals surface area contributed by atoms with Gasteiger partial charge in [-0.3, -0.25) is 9.59 Å². The van der Waals surface area contributed by atoms with E-state index >= 15 is 0 Å². The molecule has 4 rings (SSSR count). The molecule has 0 aromatic heterocycles. The number of hydrogen-bond donors (Lipinski definition) is 0. The van der Waals surface area contributed by atoms with Crippen molar-refractivity contribution in [1.29, 1.82) is 0 Å². The summed E-state index contributed by atoms with van der Waals surface area (Å²) in [6, 6.07) is 9.78. The van der Waals surface area contributed by atoms with Gasteiger partial charge in [-0.1, -0.05) is 43.9 Å². The molecule has 176 valence electrons. The minimum absolute atomic E-state index is 0.158. The van der Waals surface area contributed by atoms with E-state index in [4.69, 9.17) is 9.47 Å². The number of rotatable bonds is 8. The molecule has 6 nitrogen and oxygen atoms in total. The predicted molar refractivity (Wildman–Crippen MR) is 123 cm³/mol. The third-order valence-corrected chi connectivity index (χ3v) is 7.43. The van der Waals surface area contributed by atoms with Crippen LogP contribution in [0.5, 0.6) is 5.75 Å². The Balaban J connectivity index is 1.41. The van der Waals surface area contributed by atoms with Crippen molar-refractivity contribution in [3.05, 3.63) is 30.3 Å². The highest BCUT2D eigenvalue weighted by atomic mass is 16.5. The Hall–Kier alpha value is -2.08. The lowest BCUT2D eigenvalue weighted by atomic mass is 9.77. The molecule has 0 radical (unpaired) electrons. The van der Waals surface area contributed by atoms with Crippen molar-refractivity contribution in [3.63, 3.8) is 0 Å². The Morgan fingerprint density at radius 3 is 2.47 bits per heavy atom. The number of hydrogen-bond acceptors (Lipinski definition) is 4. The van der Waals surface area contributed by atoms with Crippen molar-refractivity contribution in [2.45, 2.75) is 57.8 Å². The topological polar surface area (TPSA) is 59.1 Å². The van der Waals surface area contributed by atoms with Crippen molar-refractivity contribution in [3.8, 4) is 5.75 Å². The summed E-state index contributed by atoms with van der Waals surface area (Å²) in [5.41, 5.74) is -0.341. The van der Waals surface area contributed by atoms with E-state index in [0.717, 1.165) is 37.5 Å². The van der Waals surface area contributed by atoms with E-state index in [1.54, 1.807) is 0 Å². The van der Waals surface area contributed by atoms with E-state index in [1.807, 2.05) is 40.1 Å². The van der Waals surface area contributed by atoms with Gasteiger partial charge in [0.15, 0.2) is 0 Å². The SMILES string of the molecule is O=C(CC1(COc2ccccc2)CCCN(C(=O)CCC2CCCC2)C1)N1CCOCC1. The lowest BCUT2D eigenvalue weighted by Gasteiger charge is -2.43. The monoisotopic (exact) mass is 442 g/mol. The van der Waals surface area contributed by atoms with Crippen molar-refractivity contribution in [2.75, 3.05) is 46.0 Å². The molecule has 2 amide bonds. The van der Waals surface area contributed by atoms with Crippen molar-refractivity contribution >= 4 is 11.8 Å². The fraction of sp³-hybridized carbons (Fsp3) is 0.692.